The van der Waals surface area contributed by atoms with Crippen LogP contribution in [0, 0.1) is 5.92 Å². The van der Waals surface area contributed by atoms with Gasteiger partial charge in [-0.2, -0.15) is 0 Å². The van der Waals surface area contributed by atoms with Crippen molar-refractivity contribution >= 4 is 11.8 Å². The fourth-order valence-electron chi connectivity index (χ4n) is 2.38. The minimum Gasteiger partial charge on any atom is -0.358 e. The first-order valence-electron chi connectivity index (χ1n) is 6.73. The van der Waals surface area contributed by atoms with E-state index >= 15 is 0 Å². The number of nitrogens with zero attached hydrogens (tertiary/aromatic N) is 1. The van der Waals surface area contributed by atoms with E-state index < -0.39 is 0 Å². The van der Waals surface area contributed by atoms with E-state index in [1.165, 1.54) is 4.90 Å². The van der Waals surface area contributed by atoms with E-state index in [0.29, 0.717) is 18.4 Å². The lowest BCUT2D eigenvalue weighted by Gasteiger charge is -2.26. The summed E-state index contributed by atoms with van der Waals surface area (Å²) in [4.78, 5) is 24.5. The van der Waals surface area contributed by atoms with Gasteiger partial charge in [-0.25, -0.2) is 0 Å². The van der Waals surface area contributed by atoms with Crippen LogP contribution in [0.5, 0.6) is 0 Å². The van der Waals surface area contributed by atoms with Crippen LogP contribution in [0.2, 0.25) is 0 Å². The summed E-state index contributed by atoms with van der Waals surface area (Å²) in [6.07, 6.45) is 5.87. The summed E-state index contributed by atoms with van der Waals surface area (Å²) >= 11 is 0. The number of carbonyl (C=O) groups excluding carboxylic acids is 2. The number of nitrogens with one attached hydrogen (secondary N) is 1. The quantitative estimate of drug-likeness (QED) is 0.750. The van der Waals surface area contributed by atoms with Crippen LogP contribution in [0.15, 0.2) is 0 Å². The maximum absolute atomic E-state index is 11.8. The Morgan fingerprint density at radius 3 is 2.44 bits per heavy atom. The van der Waals surface area contributed by atoms with E-state index in [1.807, 2.05) is 0 Å². The molecule has 0 heterocycles. The topological polar surface area (TPSA) is 75.4 Å². The lowest BCUT2D eigenvalue weighted by Crippen LogP contribution is -2.37. The largest absolute Gasteiger partial charge is 0.358 e. The highest BCUT2D eigenvalue weighted by Gasteiger charge is 2.20. The zero-order valence-corrected chi connectivity index (χ0v) is 11.4. The minimum atomic E-state index is -0.130. The van der Waals surface area contributed by atoms with Gasteiger partial charge in [0.25, 0.3) is 0 Å². The van der Waals surface area contributed by atoms with Crippen LogP contribution in [0.3, 0.4) is 0 Å². The Kier molecular flexibility index (Phi) is 6.12. The summed E-state index contributed by atoms with van der Waals surface area (Å²) in [7, 11) is 3.25. The van der Waals surface area contributed by atoms with Crippen LogP contribution in [0.25, 0.3) is 0 Å². The zero-order valence-electron chi connectivity index (χ0n) is 11.4. The predicted octanol–water partition coefficient (Wildman–Crippen LogP) is 0.489. The van der Waals surface area contributed by atoms with Gasteiger partial charge < -0.3 is 16.0 Å². The van der Waals surface area contributed by atoms with Gasteiger partial charge in [-0.3, -0.25) is 9.59 Å². The van der Waals surface area contributed by atoms with Gasteiger partial charge in [0, 0.05) is 26.6 Å². The highest BCUT2D eigenvalue weighted by molar-refractivity contribution is 5.84. The van der Waals surface area contributed by atoms with Crippen LogP contribution in [0.1, 0.15) is 38.5 Å². The van der Waals surface area contributed by atoms with E-state index in [2.05, 4.69) is 5.32 Å². The summed E-state index contributed by atoms with van der Waals surface area (Å²) in [6.45, 7) is 0.144. The molecular formula is C13H25N3O2. The Morgan fingerprint density at radius 2 is 1.89 bits per heavy atom. The van der Waals surface area contributed by atoms with Crippen molar-refractivity contribution in [2.24, 2.45) is 11.7 Å². The molecule has 1 aliphatic carbocycles. The van der Waals surface area contributed by atoms with Crippen LogP contribution in [-0.4, -0.2) is 43.4 Å². The lowest BCUT2D eigenvalue weighted by atomic mass is 9.84. The van der Waals surface area contributed by atoms with Gasteiger partial charge in [0.15, 0.2) is 0 Å². The molecule has 0 spiro atoms. The summed E-state index contributed by atoms with van der Waals surface area (Å²) in [5, 5.41) is 2.51. The standard InChI is InChI=1S/C13H25N3O2/c1-15-12(17)9-16(2)13(18)8-5-10-3-6-11(14)7-4-10/h10-11H,3-9,14H2,1-2H3,(H,15,17). The Labute approximate surface area is 109 Å². The van der Waals surface area contributed by atoms with E-state index in [4.69, 9.17) is 5.73 Å². The molecule has 0 bridgehead atoms. The molecule has 5 heteroatoms. The van der Waals surface area contributed by atoms with Gasteiger partial charge in [0.1, 0.15) is 0 Å². The van der Waals surface area contributed by atoms with Crippen molar-refractivity contribution < 1.29 is 9.59 Å². The van der Waals surface area contributed by atoms with Gasteiger partial charge in [0.2, 0.25) is 11.8 Å². The fraction of sp³-hybridized carbons (Fsp3) is 0.846. The third kappa shape index (κ3) is 5.04. The summed E-state index contributed by atoms with van der Waals surface area (Å²) in [5.41, 5.74) is 5.85. The molecule has 0 aromatic heterocycles. The lowest BCUT2D eigenvalue weighted by molar-refractivity contribution is -0.134. The molecule has 18 heavy (non-hydrogen) atoms. The molecule has 1 aliphatic rings. The second-order valence-corrected chi connectivity index (χ2v) is 5.24. The number of carbonyl (C=O) groups is 2. The molecular weight excluding hydrogens is 230 g/mol. The van der Waals surface area contributed by atoms with Crippen molar-refractivity contribution in [3.05, 3.63) is 0 Å². The fourth-order valence-corrected chi connectivity index (χ4v) is 2.38. The van der Waals surface area contributed by atoms with Crippen LogP contribution in [-0.2, 0) is 9.59 Å². The van der Waals surface area contributed by atoms with Crippen LogP contribution in [0.4, 0.5) is 0 Å². The van der Waals surface area contributed by atoms with Gasteiger partial charge in [-0.15, -0.1) is 0 Å². The van der Waals surface area contributed by atoms with E-state index in [1.54, 1.807) is 14.1 Å². The minimum absolute atomic E-state index is 0.0495. The van der Waals surface area contributed by atoms with Crippen molar-refractivity contribution in [1.29, 1.82) is 0 Å². The van der Waals surface area contributed by atoms with Gasteiger partial charge >= 0.3 is 0 Å². The number of likely N-dealkylation sites (N-methyl/N-ethyl adjacent to an activating group) is 2. The summed E-state index contributed by atoms with van der Waals surface area (Å²) in [5.74, 6) is 0.546. The van der Waals surface area contributed by atoms with Crippen molar-refractivity contribution in [2.45, 2.75) is 44.6 Å². The van der Waals surface area contributed by atoms with E-state index in [-0.39, 0.29) is 18.4 Å². The van der Waals surface area contributed by atoms with E-state index in [0.717, 1.165) is 32.1 Å². The molecule has 2 amide bonds. The molecule has 0 aromatic rings. The zero-order chi connectivity index (χ0) is 13.5. The van der Waals surface area contributed by atoms with Crippen molar-refractivity contribution in [3.63, 3.8) is 0 Å². The van der Waals surface area contributed by atoms with Crippen LogP contribution < -0.4 is 11.1 Å². The highest BCUT2D eigenvalue weighted by atomic mass is 16.2. The van der Waals surface area contributed by atoms with Gasteiger partial charge in [-0.05, 0) is 38.0 Å². The number of rotatable bonds is 5. The number of amides is 2. The first kappa shape index (κ1) is 15.0. The monoisotopic (exact) mass is 255 g/mol. The highest BCUT2D eigenvalue weighted by Crippen LogP contribution is 2.26. The first-order valence-corrected chi connectivity index (χ1v) is 6.73. The molecule has 0 aromatic carbocycles. The molecule has 0 radical (unpaired) electrons. The number of hydrogen-bond acceptors (Lipinski definition) is 3. The first-order chi connectivity index (χ1) is 8.52. The van der Waals surface area contributed by atoms with Crippen molar-refractivity contribution in [3.8, 4) is 0 Å². The third-order valence-electron chi connectivity index (χ3n) is 3.74. The number of hydrogen-bond donors (Lipinski definition) is 2. The Hall–Kier alpha value is -1.10. The van der Waals surface area contributed by atoms with Gasteiger partial charge in [0.05, 0.1) is 6.54 Å². The molecule has 0 atom stereocenters. The Bertz CT molecular complexity index is 286. The van der Waals surface area contributed by atoms with Crippen molar-refractivity contribution in [2.75, 3.05) is 20.6 Å². The Morgan fingerprint density at radius 1 is 1.28 bits per heavy atom. The SMILES string of the molecule is CNC(=O)CN(C)C(=O)CCC1CCC(N)CC1. The average molecular weight is 255 g/mol. The molecule has 5 nitrogen and oxygen atoms in total. The molecule has 0 saturated heterocycles. The maximum Gasteiger partial charge on any atom is 0.239 e. The average Bonchev–Trinajstić information content (AvgIpc) is 2.37. The number of nitrogens with two attached hydrogens (primary N) is 1. The predicted molar refractivity (Wildman–Crippen MR) is 70.9 cm³/mol. The molecule has 0 aliphatic heterocycles. The molecule has 0 unspecified atom stereocenters. The molecule has 1 fully saturated rings. The summed E-state index contributed by atoms with van der Waals surface area (Å²) in [6, 6.07) is 0.355. The summed E-state index contributed by atoms with van der Waals surface area (Å²) < 4.78 is 0. The second kappa shape index (κ2) is 7.36. The molecule has 104 valence electrons. The smallest absolute Gasteiger partial charge is 0.239 e. The molecule has 1 rings (SSSR count). The normalized spacial score (nSPS) is 23.5. The molecule has 1 saturated carbocycles. The third-order valence-corrected chi connectivity index (χ3v) is 3.74. The Balaban J connectivity index is 2.22. The maximum atomic E-state index is 11.8. The molecule has 3 N–H and O–H groups in total. The van der Waals surface area contributed by atoms with Crippen molar-refractivity contribution in [1.82, 2.24) is 10.2 Å². The van der Waals surface area contributed by atoms with E-state index in [9.17, 15) is 9.59 Å². The van der Waals surface area contributed by atoms with Crippen LogP contribution >= 0.6 is 0 Å². The van der Waals surface area contributed by atoms with Gasteiger partial charge in [-0.1, -0.05) is 0 Å². The second-order valence-electron chi connectivity index (χ2n) is 5.24.